The molecule has 2 rings (SSSR count). The quantitative estimate of drug-likeness (QED) is 0.856. The molecular formula is C11H16N4O. The first kappa shape index (κ1) is 10.9. The van der Waals surface area contributed by atoms with Crippen LogP contribution in [0, 0.1) is 0 Å². The molecule has 0 aliphatic heterocycles. The van der Waals surface area contributed by atoms with Gasteiger partial charge < -0.3 is 9.73 Å². The smallest absolute Gasteiger partial charge is 0.322 e. The van der Waals surface area contributed by atoms with Crippen molar-refractivity contribution in [2.45, 2.75) is 32.9 Å². The Morgan fingerprint density at radius 1 is 1.44 bits per heavy atom. The molecule has 86 valence electrons. The fourth-order valence-corrected chi connectivity index (χ4v) is 1.22. The SMILES string of the molecule is CC(C)(C)NCc1coc(-n2cccn2)n1. The van der Waals surface area contributed by atoms with Crippen molar-refractivity contribution in [2.75, 3.05) is 0 Å². The van der Waals surface area contributed by atoms with E-state index in [0.29, 0.717) is 12.6 Å². The fraction of sp³-hybridized carbons (Fsp3) is 0.455. The Morgan fingerprint density at radius 2 is 2.25 bits per heavy atom. The third-order valence-electron chi connectivity index (χ3n) is 2.04. The monoisotopic (exact) mass is 220 g/mol. The van der Waals surface area contributed by atoms with E-state index in [4.69, 9.17) is 4.42 Å². The van der Waals surface area contributed by atoms with Gasteiger partial charge in [-0.15, -0.1) is 0 Å². The van der Waals surface area contributed by atoms with Gasteiger partial charge in [-0.1, -0.05) is 0 Å². The van der Waals surface area contributed by atoms with E-state index in [1.807, 2.05) is 6.07 Å². The second-order valence-electron chi connectivity index (χ2n) is 4.68. The predicted octanol–water partition coefficient (Wildman–Crippen LogP) is 1.75. The van der Waals surface area contributed by atoms with Crippen molar-refractivity contribution in [1.29, 1.82) is 0 Å². The normalized spacial score (nSPS) is 11.9. The molecule has 0 aliphatic rings. The van der Waals surface area contributed by atoms with Crippen LogP contribution >= 0.6 is 0 Å². The average molecular weight is 220 g/mol. The molecule has 5 nitrogen and oxygen atoms in total. The molecule has 0 unspecified atom stereocenters. The molecule has 1 N–H and O–H groups in total. The third-order valence-corrected chi connectivity index (χ3v) is 2.04. The summed E-state index contributed by atoms with van der Waals surface area (Å²) in [5, 5.41) is 7.39. The van der Waals surface area contributed by atoms with Gasteiger partial charge in [0.2, 0.25) is 0 Å². The van der Waals surface area contributed by atoms with Crippen LogP contribution in [-0.2, 0) is 6.54 Å². The summed E-state index contributed by atoms with van der Waals surface area (Å²) in [4.78, 5) is 4.33. The maximum Gasteiger partial charge on any atom is 0.322 e. The second kappa shape index (κ2) is 4.09. The number of hydrogen-bond donors (Lipinski definition) is 1. The fourth-order valence-electron chi connectivity index (χ4n) is 1.22. The molecule has 0 atom stereocenters. The Bertz CT molecular complexity index is 439. The first-order chi connectivity index (χ1) is 7.54. The zero-order valence-corrected chi connectivity index (χ0v) is 9.77. The Kier molecular flexibility index (Phi) is 2.78. The van der Waals surface area contributed by atoms with Gasteiger partial charge in [0.05, 0.1) is 5.69 Å². The van der Waals surface area contributed by atoms with Crippen molar-refractivity contribution >= 4 is 0 Å². The molecular weight excluding hydrogens is 204 g/mol. The van der Waals surface area contributed by atoms with Gasteiger partial charge in [0, 0.05) is 24.5 Å². The molecule has 16 heavy (non-hydrogen) atoms. The van der Waals surface area contributed by atoms with Gasteiger partial charge in [0.1, 0.15) is 6.26 Å². The van der Waals surface area contributed by atoms with Gasteiger partial charge in [0.15, 0.2) is 0 Å². The number of oxazole rings is 1. The van der Waals surface area contributed by atoms with Gasteiger partial charge in [-0.2, -0.15) is 14.8 Å². The van der Waals surface area contributed by atoms with Crippen molar-refractivity contribution in [3.8, 4) is 6.01 Å². The largest absolute Gasteiger partial charge is 0.430 e. The molecule has 2 heterocycles. The van der Waals surface area contributed by atoms with Crippen LogP contribution in [0.3, 0.4) is 0 Å². The van der Waals surface area contributed by atoms with E-state index in [1.54, 1.807) is 23.3 Å². The number of nitrogens with one attached hydrogen (secondary N) is 1. The molecule has 5 heteroatoms. The van der Waals surface area contributed by atoms with Crippen LogP contribution in [0.5, 0.6) is 0 Å². The number of hydrogen-bond acceptors (Lipinski definition) is 4. The Morgan fingerprint density at radius 3 is 2.88 bits per heavy atom. The Hall–Kier alpha value is -1.62. The molecule has 2 aromatic rings. The van der Waals surface area contributed by atoms with E-state index in [1.165, 1.54) is 0 Å². The summed E-state index contributed by atoms with van der Waals surface area (Å²) >= 11 is 0. The molecule has 0 aromatic carbocycles. The van der Waals surface area contributed by atoms with Crippen LogP contribution in [-0.4, -0.2) is 20.3 Å². The first-order valence-corrected chi connectivity index (χ1v) is 5.24. The minimum Gasteiger partial charge on any atom is -0.430 e. The summed E-state index contributed by atoms with van der Waals surface area (Å²) in [6, 6.07) is 2.33. The highest BCUT2D eigenvalue weighted by atomic mass is 16.4. The molecule has 0 bridgehead atoms. The summed E-state index contributed by atoms with van der Waals surface area (Å²) in [5.41, 5.74) is 0.950. The van der Waals surface area contributed by atoms with Crippen LogP contribution in [0.4, 0.5) is 0 Å². The lowest BCUT2D eigenvalue weighted by molar-refractivity contribution is 0.420. The van der Waals surface area contributed by atoms with Gasteiger partial charge in [-0.05, 0) is 26.8 Å². The van der Waals surface area contributed by atoms with Crippen molar-refractivity contribution in [1.82, 2.24) is 20.1 Å². The van der Waals surface area contributed by atoms with E-state index >= 15 is 0 Å². The van der Waals surface area contributed by atoms with Gasteiger partial charge in [-0.25, -0.2) is 0 Å². The molecule has 0 amide bonds. The second-order valence-corrected chi connectivity index (χ2v) is 4.68. The van der Waals surface area contributed by atoms with Crippen LogP contribution in [0.15, 0.2) is 29.1 Å². The number of nitrogens with zero attached hydrogens (tertiary/aromatic N) is 3. The molecule has 2 aromatic heterocycles. The summed E-state index contributed by atoms with van der Waals surface area (Å²) in [7, 11) is 0. The number of rotatable bonds is 3. The molecule has 0 spiro atoms. The van der Waals surface area contributed by atoms with Crippen LogP contribution in [0.25, 0.3) is 6.01 Å². The van der Waals surface area contributed by atoms with Crippen LogP contribution in [0.2, 0.25) is 0 Å². The maximum absolute atomic E-state index is 5.32. The van der Waals surface area contributed by atoms with Crippen LogP contribution < -0.4 is 5.32 Å². The Balaban J connectivity index is 2.03. The Labute approximate surface area is 94.5 Å². The number of aromatic nitrogens is 3. The molecule has 0 saturated carbocycles. The highest BCUT2D eigenvalue weighted by Crippen LogP contribution is 2.08. The van der Waals surface area contributed by atoms with E-state index in [0.717, 1.165) is 5.69 Å². The molecule has 0 aliphatic carbocycles. The zero-order valence-electron chi connectivity index (χ0n) is 9.77. The summed E-state index contributed by atoms with van der Waals surface area (Å²) in [6.07, 6.45) is 5.14. The summed E-state index contributed by atoms with van der Waals surface area (Å²) in [6.45, 7) is 7.03. The van der Waals surface area contributed by atoms with E-state index in [9.17, 15) is 0 Å². The first-order valence-electron chi connectivity index (χ1n) is 5.24. The predicted molar refractivity (Wildman–Crippen MR) is 60.2 cm³/mol. The topological polar surface area (TPSA) is 55.9 Å². The maximum atomic E-state index is 5.32. The summed E-state index contributed by atoms with van der Waals surface area (Å²) in [5.74, 6) is 0. The highest BCUT2D eigenvalue weighted by molar-refractivity contribution is 5.08. The lowest BCUT2D eigenvalue weighted by Gasteiger charge is -2.19. The molecule has 0 fully saturated rings. The van der Waals surface area contributed by atoms with E-state index in [2.05, 4.69) is 36.2 Å². The van der Waals surface area contributed by atoms with Crippen molar-refractivity contribution in [2.24, 2.45) is 0 Å². The van der Waals surface area contributed by atoms with Crippen LogP contribution in [0.1, 0.15) is 26.5 Å². The standard InChI is InChI=1S/C11H16N4O/c1-11(2,3)12-7-9-8-16-10(14-9)15-6-4-5-13-15/h4-6,8,12H,7H2,1-3H3. The molecule has 0 saturated heterocycles. The van der Waals surface area contributed by atoms with Crippen molar-refractivity contribution in [3.05, 3.63) is 30.4 Å². The van der Waals surface area contributed by atoms with Gasteiger partial charge >= 0.3 is 6.01 Å². The molecule has 0 radical (unpaired) electrons. The lowest BCUT2D eigenvalue weighted by atomic mass is 10.1. The summed E-state index contributed by atoms with van der Waals surface area (Å²) < 4.78 is 6.92. The highest BCUT2D eigenvalue weighted by Gasteiger charge is 2.11. The minimum absolute atomic E-state index is 0.0742. The van der Waals surface area contributed by atoms with Crippen molar-refractivity contribution < 1.29 is 4.42 Å². The van der Waals surface area contributed by atoms with Gasteiger partial charge in [-0.3, -0.25) is 0 Å². The minimum atomic E-state index is 0.0742. The lowest BCUT2D eigenvalue weighted by Crippen LogP contribution is -2.35. The van der Waals surface area contributed by atoms with E-state index < -0.39 is 0 Å². The van der Waals surface area contributed by atoms with Crippen molar-refractivity contribution in [3.63, 3.8) is 0 Å². The van der Waals surface area contributed by atoms with E-state index in [-0.39, 0.29) is 5.54 Å². The third kappa shape index (κ3) is 2.70. The van der Waals surface area contributed by atoms with Gasteiger partial charge in [0.25, 0.3) is 0 Å². The average Bonchev–Trinajstić information content (AvgIpc) is 2.84. The zero-order chi connectivity index (χ0) is 11.6.